The quantitative estimate of drug-likeness (QED) is 0.0243. The van der Waals surface area contributed by atoms with Crippen LogP contribution in [0.4, 0.5) is 0 Å². The third kappa shape index (κ3) is 62.8. The molecule has 0 saturated heterocycles. The minimum atomic E-state index is -4.34. The summed E-state index contributed by atoms with van der Waals surface area (Å²) in [5.74, 6) is -0.152. The largest absolute Gasteiger partial charge is 0.472 e. The highest BCUT2D eigenvalue weighted by atomic mass is 31.2. The summed E-state index contributed by atoms with van der Waals surface area (Å²) in [5.41, 5.74) is 0. The molecule has 0 aliphatic heterocycles. The van der Waals surface area contributed by atoms with Crippen molar-refractivity contribution >= 4 is 13.7 Å². The van der Waals surface area contributed by atoms with E-state index in [1.807, 2.05) is 21.1 Å². The summed E-state index contributed by atoms with van der Waals surface area (Å²) in [6, 6.07) is -0.772. The number of carbonyl (C=O) groups is 1. The van der Waals surface area contributed by atoms with Gasteiger partial charge in [0, 0.05) is 6.42 Å². The summed E-state index contributed by atoms with van der Waals surface area (Å²) in [4.78, 5) is 23.4. The van der Waals surface area contributed by atoms with Crippen molar-refractivity contribution in [2.75, 3.05) is 40.9 Å². The molecular formula is C71H128N2O6P+. The van der Waals surface area contributed by atoms with Crippen molar-refractivity contribution in [2.24, 2.45) is 0 Å². The summed E-state index contributed by atoms with van der Waals surface area (Å²) in [6.45, 7) is 4.79. The highest BCUT2D eigenvalue weighted by Gasteiger charge is 2.28. The summed E-state index contributed by atoms with van der Waals surface area (Å²) >= 11 is 0. The van der Waals surface area contributed by atoms with Crippen molar-refractivity contribution in [3.05, 3.63) is 109 Å². The van der Waals surface area contributed by atoms with Gasteiger partial charge in [-0.1, -0.05) is 303 Å². The molecule has 0 aromatic carbocycles. The van der Waals surface area contributed by atoms with Crippen molar-refractivity contribution in [1.82, 2.24) is 5.32 Å². The van der Waals surface area contributed by atoms with Crippen LogP contribution < -0.4 is 5.32 Å². The van der Waals surface area contributed by atoms with E-state index in [4.69, 9.17) is 9.05 Å². The Labute approximate surface area is 495 Å². The molecular weight excluding hydrogens is 1010 g/mol. The molecule has 462 valence electrons. The zero-order valence-electron chi connectivity index (χ0n) is 52.8. The fourth-order valence-corrected chi connectivity index (χ4v) is 10.1. The number of rotatable bonds is 60. The van der Waals surface area contributed by atoms with E-state index in [9.17, 15) is 19.4 Å². The number of hydrogen-bond acceptors (Lipinski definition) is 5. The SMILES string of the molecule is CC/C=C\C/C=C\C/C=C\C/C=C\C/C=C\C/C=C\C/C=C\C/C=C\C/C=C\CCCCCCCCCCCC(=O)NC(COP(=O)(O)OCC[N+](C)(C)C)C(O)CCCCCCCCCCCCCCCCCCCCCCC. The highest BCUT2D eigenvalue weighted by molar-refractivity contribution is 7.47. The Kier molecular flexibility index (Phi) is 58.6. The standard InChI is InChI=1S/C71H127N2O6P/c1-6-8-10-12-14-16-18-20-22-24-26-28-29-30-31-32-33-34-35-36-37-38-39-40-41-42-43-45-47-49-51-53-55-57-59-61-63-65-71(75)72-69(68-79-80(76,77)78-67-66-73(3,4)5)70(74)64-62-60-58-56-54-52-50-48-46-44-27-25-23-21-19-17-15-13-11-9-7-2/h8,10,14,16,20,22,26,28,30-31,33-34,36-37,39-40,42-43,69-70,74H,6-7,9,11-13,15,17-19,21,23-25,27,29,32,35,38,41,44-68H2,1-5H3,(H-,72,75,76,77)/p+1/b10-8-,16-14-,22-20-,28-26-,31-30-,34-33-,37-36-,40-39-,43-42-. The molecule has 1 amide bonds. The predicted molar refractivity (Wildman–Crippen MR) is 350 cm³/mol. The zero-order chi connectivity index (χ0) is 58.4. The molecule has 0 fully saturated rings. The first-order valence-corrected chi connectivity index (χ1v) is 34.7. The van der Waals surface area contributed by atoms with E-state index in [-0.39, 0.29) is 19.1 Å². The maximum atomic E-state index is 13.1. The molecule has 0 aromatic heterocycles. The van der Waals surface area contributed by atoms with Gasteiger partial charge in [-0.3, -0.25) is 13.8 Å². The van der Waals surface area contributed by atoms with E-state index in [1.54, 1.807) is 0 Å². The number of nitrogens with zero attached hydrogens (tertiary/aromatic N) is 1. The van der Waals surface area contributed by atoms with Gasteiger partial charge in [0.1, 0.15) is 13.2 Å². The zero-order valence-corrected chi connectivity index (χ0v) is 53.7. The van der Waals surface area contributed by atoms with Gasteiger partial charge in [-0.15, -0.1) is 0 Å². The van der Waals surface area contributed by atoms with Crippen LogP contribution >= 0.6 is 7.82 Å². The molecule has 0 rings (SSSR count). The summed E-state index contributed by atoms with van der Waals surface area (Å²) in [6.07, 6.45) is 88.8. The van der Waals surface area contributed by atoms with Crippen LogP contribution in [0.2, 0.25) is 0 Å². The third-order valence-corrected chi connectivity index (χ3v) is 15.5. The molecule has 3 unspecified atom stereocenters. The number of nitrogens with one attached hydrogen (secondary N) is 1. The lowest BCUT2D eigenvalue weighted by molar-refractivity contribution is -0.870. The first-order chi connectivity index (χ1) is 39.0. The molecule has 0 saturated carbocycles. The molecule has 0 aliphatic carbocycles. The van der Waals surface area contributed by atoms with E-state index in [1.165, 1.54) is 154 Å². The smallest absolute Gasteiger partial charge is 0.391 e. The second-order valence-corrected chi connectivity index (χ2v) is 24.9. The Hall–Kier alpha value is -2.84. The highest BCUT2D eigenvalue weighted by Crippen LogP contribution is 2.43. The second kappa shape index (κ2) is 60.7. The fourth-order valence-electron chi connectivity index (χ4n) is 9.39. The van der Waals surface area contributed by atoms with Crippen molar-refractivity contribution in [3.63, 3.8) is 0 Å². The molecule has 0 aromatic rings. The number of allylic oxidation sites excluding steroid dienone is 18. The topological polar surface area (TPSA) is 105 Å². The van der Waals surface area contributed by atoms with E-state index in [0.717, 1.165) is 103 Å². The normalized spacial score (nSPS) is 14.4. The first kappa shape index (κ1) is 77.2. The molecule has 0 heterocycles. The molecule has 80 heavy (non-hydrogen) atoms. The molecule has 0 spiro atoms. The third-order valence-electron chi connectivity index (χ3n) is 14.5. The minimum Gasteiger partial charge on any atom is -0.391 e. The summed E-state index contributed by atoms with van der Waals surface area (Å²) in [7, 11) is 1.61. The van der Waals surface area contributed by atoms with E-state index in [2.05, 4.69) is 129 Å². The Bertz CT molecular complexity index is 1670. The van der Waals surface area contributed by atoms with Gasteiger partial charge in [0.15, 0.2) is 0 Å². The number of carbonyl (C=O) groups excluding carboxylic acids is 1. The average molecular weight is 1140 g/mol. The molecule has 0 radical (unpaired) electrons. The van der Waals surface area contributed by atoms with Gasteiger partial charge < -0.3 is 19.8 Å². The van der Waals surface area contributed by atoms with Gasteiger partial charge in [0.25, 0.3) is 0 Å². The fraction of sp³-hybridized carbons (Fsp3) is 0.732. The van der Waals surface area contributed by atoms with Crippen LogP contribution in [0.1, 0.15) is 284 Å². The first-order valence-electron chi connectivity index (χ1n) is 33.3. The number of quaternary nitrogens is 1. The maximum absolute atomic E-state index is 13.1. The van der Waals surface area contributed by atoms with Gasteiger partial charge in [0.2, 0.25) is 5.91 Å². The number of phosphoric acid groups is 1. The number of aliphatic hydroxyl groups is 1. The Morgan fingerprint density at radius 1 is 0.438 bits per heavy atom. The molecule has 3 atom stereocenters. The predicted octanol–water partition coefficient (Wildman–Crippen LogP) is 21.1. The number of aliphatic hydroxyl groups excluding tert-OH is 1. The van der Waals surface area contributed by atoms with Gasteiger partial charge in [-0.2, -0.15) is 0 Å². The van der Waals surface area contributed by atoms with E-state index < -0.39 is 20.0 Å². The Morgan fingerprint density at radius 3 is 1.10 bits per heavy atom. The van der Waals surface area contributed by atoms with E-state index in [0.29, 0.717) is 23.9 Å². The van der Waals surface area contributed by atoms with Crippen LogP contribution in [0, 0.1) is 0 Å². The lowest BCUT2D eigenvalue weighted by Crippen LogP contribution is -2.46. The van der Waals surface area contributed by atoms with Gasteiger partial charge in [-0.25, -0.2) is 4.57 Å². The van der Waals surface area contributed by atoms with E-state index >= 15 is 0 Å². The molecule has 0 bridgehead atoms. The average Bonchev–Trinajstić information content (AvgIpc) is 3.42. The van der Waals surface area contributed by atoms with Gasteiger partial charge in [-0.05, 0) is 83.5 Å². The number of hydrogen-bond donors (Lipinski definition) is 3. The summed E-state index contributed by atoms with van der Waals surface area (Å²) in [5, 5.41) is 14.1. The number of unbranched alkanes of at least 4 members (excludes halogenated alkanes) is 29. The monoisotopic (exact) mass is 1140 g/mol. The molecule has 8 nitrogen and oxygen atoms in total. The molecule has 0 aliphatic rings. The van der Waals surface area contributed by atoms with Crippen LogP contribution in [0.3, 0.4) is 0 Å². The molecule has 9 heteroatoms. The van der Waals surface area contributed by atoms with Crippen molar-refractivity contribution in [2.45, 2.75) is 296 Å². The summed E-state index contributed by atoms with van der Waals surface area (Å²) < 4.78 is 23.9. The van der Waals surface area contributed by atoms with Crippen LogP contribution in [-0.4, -0.2) is 73.4 Å². The Balaban J connectivity index is 4.12. The lowest BCUT2D eigenvalue weighted by Gasteiger charge is -2.26. The van der Waals surface area contributed by atoms with Crippen molar-refractivity contribution in [1.29, 1.82) is 0 Å². The number of amides is 1. The minimum absolute atomic E-state index is 0.0692. The second-order valence-electron chi connectivity index (χ2n) is 23.5. The Morgan fingerprint density at radius 2 is 0.750 bits per heavy atom. The van der Waals surface area contributed by atoms with Gasteiger partial charge >= 0.3 is 7.82 Å². The maximum Gasteiger partial charge on any atom is 0.472 e. The lowest BCUT2D eigenvalue weighted by atomic mass is 10.0. The van der Waals surface area contributed by atoms with Crippen LogP contribution in [-0.2, 0) is 18.4 Å². The number of phosphoric ester groups is 1. The van der Waals surface area contributed by atoms with Crippen molar-refractivity contribution in [3.8, 4) is 0 Å². The van der Waals surface area contributed by atoms with Crippen molar-refractivity contribution < 1.29 is 32.9 Å². The van der Waals surface area contributed by atoms with Gasteiger partial charge in [0.05, 0.1) is 39.9 Å². The van der Waals surface area contributed by atoms with Crippen LogP contribution in [0.25, 0.3) is 0 Å². The van der Waals surface area contributed by atoms with Crippen LogP contribution in [0.15, 0.2) is 109 Å². The van der Waals surface area contributed by atoms with Crippen LogP contribution in [0.5, 0.6) is 0 Å². The molecule has 3 N–H and O–H groups in total. The number of likely N-dealkylation sites (N-methyl/N-ethyl adjacent to an activating group) is 1.